The molecule has 0 aliphatic rings. The second kappa shape index (κ2) is 6.80. The third kappa shape index (κ3) is 5.74. The molecule has 4 nitrogen and oxygen atoms in total. The van der Waals surface area contributed by atoms with Crippen LogP contribution in [0, 0.1) is 0 Å². The van der Waals surface area contributed by atoms with E-state index in [2.05, 4.69) is 10.6 Å². The van der Waals surface area contributed by atoms with Gasteiger partial charge in [0.25, 0.3) is 0 Å². The van der Waals surface area contributed by atoms with Crippen molar-refractivity contribution < 1.29 is 9.53 Å². The van der Waals surface area contributed by atoms with E-state index in [4.69, 9.17) is 4.74 Å². The van der Waals surface area contributed by atoms with Crippen molar-refractivity contribution in [2.24, 2.45) is 0 Å². The van der Waals surface area contributed by atoms with Gasteiger partial charge in [0.05, 0.1) is 5.54 Å². The summed E-state index contributed by atoms with van der Waals surface area (Å²) in [7, 11) is 1.66. The zero-order valence-corrected chi connectivity index (χ0v) is 10.5. The standard InChI is InChI=1S/C11H24N2O2/c1-6-12-11(3,4)10(14)13-9(2)7-8-15-5/h9,12H,6-8H2,1-5H3,(H,13,14). The Morgan fingerprint density at radius 3 is 2.53 bits per heavy atom. The molecule has 0 saturated carbocycles. The molecule has 0 radical (unpaired) electrons. The van der Waals surface area contributed by atoms with Gasteiger partial charge in [-0.3, -0.25) is 4.79 Å². The van der Waals surface area contributed by atoms with Crippen molar-refractivity contribution in [1.29, 1.82) is 0 Å². The van der Waals surface area contributed by atoms with Crippen molar-refractivity contribution in [3.8, 4) is 0 Å². The number of methoxy groups -OCH3 is 1. The maximum atomic E-state index is 11.8. The number of hydrogen-bond acceptors (Lipinski definition) is 3. The van der Waals surface area contributed by atoms with Crippen molar-refractivity contribution in [2.45, 2.75) is 45.7 Å². The van der Waals surface area contributed by atoms with Crippen molar-refractivity contribution in [3.63, 3.8) is 0 Å². The lowest BCUT2D eigenvalue weighted by molar-refractivity contribution is -0.127. The minimum atomic E-state index is -0.504. The van der Waals surface area contributed by atoms with E-state index < -0.39 is 5.54 Å². The van der Waals surface area contributed by atoms with Gasteiger partial charge in [-0.2, -0.15) is 0 Å². The van der Waals surface area contributed by atoms with E-state index in [9.17, 15) is 4.79 Å². The topological polar surface area (TPSA) is 50.4 Å². The summed E-state index contributed by atoms with van der Waals surface area (Å²) in [6.45, 7) is 9.20. The molecule has 0 heterocycles. The average molecular weight is 216 g/mol. The Morgan fingerprint density at radius 1 is 1.47 bits per heavy atom. The lowest BCUT2D eigenvalue weighted by Crippen LogP contribution is -2.54. The van der Waals surface area contributed by atoms with E-state index in [0.717, 1.165) is 13.0 Å². The van der Waals surface area contributed by atoms with Gasteiger partial charge in [-0.1, -0.05) is 6.92 Å². The summed E-state index contributed by atoms with van der Waals surface area (Å²) >= 11 is 0. The molecule has 4 heteroatoms. The van der Waals surface area contributed by atoms with Crippen LogP contribution in [0.15, 0.2) is 0 Å². The van der Waals surface area contributed by atoms with Gasteiger partial charge in [0.1, 0.15) is 0 Å². The fourth-order valence-corrected chi connectivity index (χ4v) is 1.29. The molecule has 0 bridgehead atoms. The van der Waals surface area contributed by atoms with E-state index in [1.54, 1.807) is 7.11 Å². The Balaban J connectivity index is 4.00. The summed E-state index contributed by atoms with van der Waals surface area (Å²) in [5, 5.41) is 6.10. The molecule has 0 aromatic rings. The molecule has 2 N–H and O–H groups in total. The van der Waals surface area contributed by atoms with E-state index in [0.29, 0.717) is 6.61 Å². The summed E-state index contributed by atoms with van der Waals surface area (Å²) in [6.07, 6.45) is 0.838. The molecule has 0 rings (SSSR count). The summed E-state index contributed by atoms with van der Waals surface area (Å²) < 4.78 is 4.96. The van der Waals surface area contributed by atoms with E-state index in [-0.39, 0.29) is 11.9 Å². The van der Waals surface area contributed by atoms with E-state index >= 15 is 0 Å². The van der Waals surface area contributed by atoms with E-state index in [1.165, 1.54) is 0 Å². The van der Waals surface area contributed by atoms with Gasteiger partial charge >= 0.3 is 0 Å². The van der Waals surface area contributed by atoms with Crippen LogP contribution < -0.4 is 10.6 Å². The smallest absolute Gasteiger partial charge is 0.239 e. The molecule has 0 saturated heterocycles. The fourth-order valence-electron chi connectivity index (χ4n) is 1.29. The van der Waals surface area contributed by atoms with Crippen LogP contribution in [0.1, 0.15) is 34.1 Å². The van der Waals surface area contributed by atoms with Gasteiger partial charge in [0.2, 0.25) is 5.91 Å². The maximum Gasteiger partial charge on any atom is 0.239 e. The number of carbonyl (C=O) groups excluding carboxylic acids is 1. The van der Waals surface area contributed by atoms with Gasteiger partial charge in [0.15, 0.2) is 0 Å². The second-order valence-corrected chi connectivity index (χ2v) is 4.31. The number of carbonyl (C=O) groups is 1. The molecule has 0 aliphatic carbocycles. The Labute approximate surface area is 92.8 Å². The minimum absolute atomic E-state index is 0.0351. The number of ether oxygens (including phenoxy) is 1. The van der Waals surface area contributed by atoms with Gasteiger partial charge in [0, 0.05) is 19.8 Å². The molecule has 0 aromatic heterocycles. The molecule has 0 fully saturated rings. The Bertz CT molecular complexity index is 193. The van der Waals surface area contributed by atoms with Gasteiger partial charge in [-0.25, -0.2) is 0 Å². The van der Waals surface area contributed by atoms with Crippen LogP contribution in [-0.2, 0) is 9.53 Å². The van der Waals surface area contributed by atoms with Crippen LogP contribution in [0.25, 0.3) is 0 Å². The quantitative estimate of drug-likeness (QED) is 0.665. The molecule has 1 atom stereocenters. The molecule has 0 spiro atoms. The Kier molecular flexibility index (Phi) is 6.52. The molecule has 90 valence electrons. The lowest BCUT2D eigenvalue weighted by atomic mass is 10.0. The molecule has 1 unspecified atom stereocenters. The fraction of sp³-hybridized carbons (Fsp3) is 0.909. The van der Waals surface area contributed by atoms with Crippen LogP contribution >= 0.6 is 0 Å². The Morgan fingerprint density at radius 2 is 2.07 bits per heavy atom. The first kappa shape index (κ1) is 14.4. The SMILES string of the molecule is CCNC(C)(C)C(=O)NC(C)CCOC. The highest BCUT2D eigenvalue weighted by atomic mass is 16.5. The van der Waals surface area contributed by atoms with Crippen molar-refractivity contribution in [1.82, 2.24) is 10.6 Å². The Hall–Kier alpha value is -0.610. The average Bonchev–Trinajstić information content (AvgIpc) is 2.14. The van der Waals surface area contributed by atoms with E-state index in [1.807, 2.05) is 27.7 Å². The molecular weight excluding hydrogens is 192 g/mol. The van der Waals surface area contributed by atoms with Gasteiger partial charge in [-0.05, 0) is 33.7 Å². The third-order valence-electron chi connectivity index (χ3n) is 2.32. The predicted octanol–water partition coefficient (Wildman–Crippen LogP) is 0.916. The highest BCUT2D eigenvalue weighted by Crippen LogP contribution is 2.03. The summed E-state index contributed by atoms with van der Waals surface area (Å²) in [5.41, 5.74) is -0.504. The number of rotatable bonds is 7. The maximum absolute atomic E-state index is 11.8. The second-order valence-electron chi connectivity index (χ2n) is 4.31. The number of amides is 1. The highest BCUT2D eigenvalue weighted by Gasteiger charge is 2.26. The zero-order valence-electron chi connectivity index (χ0n) is 10.5. The highest BCUT2D eigenvalue weighted by molar-refractivity contribution is 5.85. The zero-order chi connectivity index (χ0) is 11.9. The van der Waals surface area contributed by atoms with Crippen molar-refractivity contribution >= 4 is 5.91 Å². The first-order chi connectivity index (χ1) is 6.94. The number of likely N-dealkylation sites (N-methyl/N-ethyl adjacent to an activating group) is 1. The van der Waals surface area contributed by atoms with Gasteiger partial charge in [-0.15, -0.1) is 0 Å². The van der Waals surface area contributed by atoms with Gasteiger partial charge < -0.3 is 15.4 Å². The molecule has 0 aliphatic heterocycles. The van der Waals surface area contributed by atoms with Crippen molar-refractivity contribution in [3.05, 3.63) is 0 Å². The monoisotopic (exact) mass is 216 g/mol. The normalized spacial score (nSPS) is 13.7. The predicted molar refractivity (Wildman–Crippen MR) is 61.9 cm³/mol. The number of hydrogen-bond donors (Lipinski definition) is 2. The minimum Gasteiger partial charge on any atom is -0.385 e. The third-order valence-corrected chi connectivity index (χ3v) is 2.32. The largest absolute Gasteiger partial charge is 0.385 e. The van der Waals surface area contributed by atoms with Crippen LogP contribution in [-0.4, -0.2) is 37.7 Å². The first-order valence-corrected chi connectivity index (χ1v) is 5.49. The first-order valence-electron chi connectivity index (χ1n) is 5.49. The van der Waals surface area contributed by atoms with Crippen LogP contribution in [0.5, 0.6) is 0 Å². The van der Waals surface area contributed by atoms with Crippen LogP contribution in [0.2, 0.25) is 0 Å². The molecule has 15 heavy (non-hydrogen) atoms. The molecular formula is C11H24N2O2. The van der Waals surface area contributed by atoms with Crippen molar-refractivity contribution in [2.75, 3.05) is 20.3 Å². The number of nitrogens with one attached hydrogen (secondary N) is 2. The summed E-state index contributed by atoms with van der Waals surface area (Å²) in [4.78, 5) is 11.8. The molecule has 0 aromatic carbocycles. The molecule has 1 amide bonds. The van der Waals surface area contributed by atoms with Crippen LogP contribution in [0.4, 0.5) is 0 Å². The lowest BCUT2D eigenvalue weighted by Gasteiger charge is -2.26. The summed E-state index contributed by atoms with van der Waals surface area (Å²) in [6, 6.07) is 0.149. The summed E-state index contributed by atoms with van der Waals surface area (Å²) in [5.74, 6) is 0.0351. The van der Waals surface area contributed by atoms with Crippen LogP contribution in [0.3, 0.4) is 0 Å².